The molecule has 0 aliphatic rings. The van der Waals surface area contributed by atoms with Crippen molar-refractivity contribution < 1.29 is 9.53 Å². The Labute approximate surface area is 126 Å². The number of carbonyl (C=O) groups excluding carboxylic acids is 1. The van der Waals surface area contributed by atoms with Crippen molar-refractivity contribution in [2.24, 2.45) is 0 Å². The molecule has 0 radical (unpaired) electrons. The zero-order valence-corrected chi connectivity index (χ0v) is 12.9. The summed E-state index contributed by atoms with van der Waals surface area (Å²) in [6.45, 7) is 1.94. The van der Waals surface area contributed by atoms with Crippen molar-refractivity contribution in [2.45, 2.75) is 13.3 Å². The molecule has 0 spiro atoms. The molecule has 20 heavy (non-hydrogen) atoms. The highest BCUT2D eigenvalue weighted by atomic mass is 79.9. The lowest BCUT2D eigenvalue weighted by molar-refractivity contribution is -0.115. The molecule has 104 valence electrons. The first kappa shape index (κ1) is 14.5. The van der Waals surface area contributed by atoms with Gasteiger partial charge in [0.1, 0.15) is 5.75 Å². The van der Waals surface area contributed by atoms with Crippen molar-refractivity contribution in [3.05, 3.63) is 52.3 Å². The number of amides is 1. The molecule has 1 aromatic heterocycles. The quantitative estimate of drug-likeness (QED) is 0.932. The maximum Gasteiger partial charge on any atom is 0.230 e. The fourth-order valence-electron chi connectivity index (χ4n) is 1.83. The molecule has 0 bridgehead atoms. The fourth-order valence-corrected chi connectivity index (χ4v) is 2.19. The average Bonchev–Trinajstić information content (AvgIpc) is 2.41. The lowest BCUT2D eigenvalue weighted by atomic mass is 10.1. The van der Waals surface area contributed by atoms with Crippen LogP contribution >= 0.6 is 15.9 Å². The summed E-state index contributed by atoms with van der Waals surface area (Å²) in [5, 5.41) is 2.84. The largest absolute Gasteiger partial charge is 0.495 e. The number of pyridine rings is 1. The van der Waals surface area contributed by atoms with E-state index < -0.39 is 0 Å². The first-order valence-corrected chi connectivity index (χ1v) is 6.93. The van der Waals surface area contributed by atoms with Gasteiger partial charge in [0.25, 0.3) is 0 Å². The Kier molecular flexibility index (Phi) is 4.74. The third-order valence-electron chi connectivity index (χ3n) is 2.88. The molecule has 0 aliphatic carbocycles. The van der Waals surface area contributed by atoms with Gasteiger partial charge in [0.2, 0.25) is 5.91 Å². The number of anilines is 1. The minimum absolute atomic E-state index is 0.122. The van der Waals surface area contributed by atoms with Gasteiger partial charge in [-0.2, -0.15) is 0 Å². The molecule has 0 saturated heterocycles. The SMILES string of the molecule is COc1ccc(Br)cc1NC(=O)Cc1ncccc1C. The van der Waals surface area contributed by atoms with E-state index in [-0.39, 0.29) is 12.3 Å². The van der Waals surface area contributed by atoms with E-state index in [1.807, 2.05) is 31.2 Å². The van der Waals surface area contributed by atoms with Crippen LogP contribution in [-0.4, -0.2) is 18.0 Å². The molecule has 1 aromatic carbocycles. The van der Waals surface area contributed by atoms with E-state index in [1.54, 1.807) is 19.4 Å². The molecule has 0 atom stereocenters. The Morgan fingerprint density at radius 2 is 2.20 bits per heavy atom. The number of carbonyl (C=O) groups is 1. The Morgan fingerprint density at radius 3 is 2.90 bits per heavy atom. The van der Waals surface area contributed by atoms with Crippen molar-refractivity contribution in [1.29, 1.82) is 0 Å². The smallest absolute Gasteiger partial charge is 0.230 e. The monoisotopic (exact) mass is 334 g/mol. The summed E-state index contributed by atoms with van der Waals surface area (Å²) in [5.74, 6) is 0.502. The summed E-state index contributed by atoms with van der Waals surface area (Å²) in [4.78, 5) is 16.3. The Balaban J connectivity index is 2.12. The average molecular weight is 335 g/mol. The summed E-state index contributed by atoms with van der Waals surface area (Å²) in [6.07, 6.45) is 1.93. The van der Waals surface area contributed by atoms with Crippen LogP contribution in [-0.2, 0) is 11.2 Å². The molecule has 2 rings (SSSR count). The number of nitrogens with one attached hydrogen (secondary N) is 1. The van der Waals surface area contributed by atoms with E-state index in [0.717, 1.165) is 15.7 Å². The van der Waals surface area contributed by atoms with Gasteiger partial charge < -0.3 is 10.1 Å². The second-order valence-electron chi connectivity index (χ2n) is 4.34. The first-order chi connectivity index (χ1) is 9.60. The lowest BCUT2D eigenvalue weighted by Gasteiger charge is -2.11. The van der Waals surface area contributed by atoms with Gasteiger partial charge in [-0.1, -0.05) is 22.0 Å². The van der Waals surface area contributed by atoms with E-state index in [2.05, 4.69) is 26.2 Å². The minimum atomic E-state index is -0.122. The standard InChI is InChI=1S/C15H15BrN2O2/c1-10-4-3-7-17-12(10)9-15(19)18-13-8-11(16)5-6-14(13)20-2/h3-8H,9H2,1-2H3,(H,18,19). The molecular formula is C15H15BrN2O2. The van der Waals surface area contributed by atoms with Crippen LogP contribution in [0.4, 0.5) is 5.69 Å². The van der Waals surface area contributed by atoms with Crippen LogP contribution in [0.25, 0.3) is 0 Å². The van der Waals surface area contributed by atoms with E-state index in [1.165, 1.54) is 0 Å². The van der Waals surface area contributed by atoms with Crippen molar-refractivity contribution in [3.63, 3.8) is 0 Å². The predicted octanol–water partition coefficient (Wildman–Crippen LogP) is 3.34. The number of hydrogen-bond acceptors (Lipinski definition) is 3. The fraction of sp³-hybridized carbons (Fsp3) is 0.200. The second-order valence-corrected chi connectivity index (χ2v) is 5.25. The zero-order valence-electron chi connectivity index (χ0n) is 11.3. The zero-order chi connectivity index (χ0) is 14.5. The van der Waals surface area contributed by atoms with Gasteiger partial charge in [0.05, 0.1) is 24.9 Å². The molecule has 0 unspecified atom stereocenters. The van der Waals surface area contributed by atoms with Crippen LogP contribution in [0.3, 0.4) is 0 Å². The van der Waals surface area contributed by atoms with Gasteiger partial charge in [-0.3, -0.25) is 9.78 Å². The number of halogens is 1. The lowest BCUT2D eigenvalue weighted by Crippen LogP contribution is -2.16. The highest BCUT2D eigenvalue weighted by Crippen LogP contribution is 2.28. The normalized spacial score (nSPS) is 10.2. The van der Waals surface area contributed by atoms with E-state index in [0.29, 0.717) is 11.4 Å². The summed E-state index contributed by atoms with van der Waals surface area (Å²) in [5.41, 5.74) is 2.42. The number of aromatic nitrogens is 1. The molecule has 0 fully saturated rings. The molecule has 1 N–H and O–H groups in total. The number of methoxy groups -OCH3 is 1. The molecule has 1 heterocycles. The number of ether oxygens (including phenoxy) is 1. The van der Waals surface area contributed by atoms with Crippen molar-refractivity contribution in [1.82, 2.24) is 4.98 Å². The van der Waals surface area contributed by atoms with Crippen LogP contribution in [0.2, 0.25) is 0 Å². The maximum absolute atomic E-state index is 12.1. The van der Waals surface area contributed by atoms with Crippen LogP contribution in [0.15, 0.2) is 41.0 Å². The summed E-state index contributed by atoms with van der Waals surface area (Å²) < 4.78 is 6.10. The Bertz CT molecular complexity index is 629. The van der Waals surface area contributed by atoms with Crippen LogP contribution in [0, 0.1) is 6.92 Å². The van der Waals surface area contributed by atoms with Crippen molar-refractivity contribution in [2.75, 3.05) is 12.4 Å². The van der Waals surface area contributed by atoms with Gasteiger partial charge >= 0.3 is 0 Å². The maximum atomic E-state index is 12.1. The van der Waals surface area contributed by atoms with Crippen LogP contribution in [0.5, 0.6) is 5.75 Å². The molecule has 5 heteroatoms. The Hall–Kier alpha value is -1.88. The van der Waals surface area contributed by atoms with Crippen molar-refractivity contribution >= 4 is 27.5 Å². The van der Waals surface area contributed by atoms with Gasteiger partial charge in [-0.15, -0.1) is 0 Å². The number of hydrogen-bond donors (Lipinski definition) is 1. The number of aryl methyl sites for hydroxylation is 1. The predicted molar refractivity (Wildman–Crippen MR) is 82.0 cm³/mol. The molecule has 4 nitrogen and oxygen atoms in total. The van der Waals surface area contributed by atoms with Gasteiger partial charge in [-0.25, -0.2) is 0 Å². The highest BCUT2D eigenvalue weighted by Gasteiger charge is 2.10. The number of benzene rings is 1. The third kappa shape index (κ3) is 3.57. The van der Waals surface area contributed by atoms with Crippen LogP contribution < -0.4 is 10.1 Å². The summed E-state index contributed by atoms with van der Waals surface area (Å²) in [7, 11) is 1.57. The first-order valence-electron chi connectivity index (χ1n) is 6.14. The van der Waals surface area contributed by atoms with E-state index in [4.69, 9.17) is 4.74 Å². The second kappa shape index (κ2) is 6.52. The molecule has 0 aliphatic heterocycles. The van der Waals surface area contributed by atoms with Gasteiger partial charge in [0, 0.05) is 10.7 Å². The molecular weight excluding hydrogens is 320 g/mol. The van der Waals surface area contributed by atoms with Gasteiger partial charge in [0.15, 0.2) is 0 Å². The minimum Gasteiger partial charge on any atom is -0.495 e. The highest BCUT2D eigenvalue weighted by molar-refractivity contribution is 9.10. The van der Waals surface area contributed by atoms with E-state index in [9.17, 15) is 4.79 Å². The molecule has 2 aromatic rings. The summed E-state index contributed by atoms with van der Waals surface area (Å²) in [6, 6.07) is 9.26. The topological polar surface area (TPSA) is 51.2 Å². The molecule has 1 amide bonds. The van der Waals surface area contributed by atoms with Crippen LogP contribution in [0.1, 0.15) is 11.3 Å². The van der Waals surface area contributed by atoms with Crippen molar-refractivity contribution in [3.8, 4) is 5.75 Å². The number of nitrogens with zero attached hydrogens (tertiary/aromatic N) is 1. The van der Waals surface area contributed by atoms with Gasteiger partial charge in [-0.05, 0) is 36.8 Å². The number of rotatable bonds is 4. The van der Waals surface area contributed by atoms with E-state index >= 15 is 0 Å². The molecule has 0 saturated carbocycles. The Morgan fingerprint density at radius 1 is 1.40 bits per heavy atom. The third-order valence-corrected chi connectivity index (χ3v) is 3.37. The summed E-state index contributed by atoms with van der Waals surface area (Å²) >= 11 is 3.37.